The van der Waals surface area contributed by atoms with E-state index in [1.165, 1.54) is 0 Å². The maximum absolute atomic E-state index is 14.6. The normalized spacial score (nSPS) is 54.3. The number of ether oxygens (including phenoxy) is 10. The van der Waals surface area contributed by atoms with Crippen LogP contribution in [-0.2, 0) is 52.2 Å². The highest BCUT2D eigenvalue weighted by Crippen LogP contribution is 2.74. The first-order valence-electron chi connectivity index (χ1n) is 27.0. The monoisotopic (exact) mass is 1180 g/mol. The van der Waals surface area contributed by atoms with Gasteiger partial charge in [0.2, 0.25) is 5.79 Å². The molecule has 9 rings (SSSR count). The fourth-order valence-corrected chi connectivity index (χ4v) is 16.0. The Labute approximate surface area is 466 Å². The lowest BCUT2D eigenvalue weighted by Gasteiger charge is -2.64. The Kier molecular flexibility index (Phi) is 18.7. The van der Waals surface area contributed by atoms with E-state index in [0.717, 1.165) is 12.0 Å². The van der Waals surface area contributed by atoms with Crippen LogP contribution in [0.4, 0.5) is 0 Å². The van der Waals surface area contributed by atoms with E-state index in [-0.39, 0.29) is 17.7 Å². The van der Waals surface area contributed by atoms with E-state index in [9.17, 15) is 71.2 Å². The summed E-state index contributed by atoms with van der Waals surface area (Å²) in [7, 11) is 0. The number of carbonyl (C=O) groups is 1. The molecular weight excluding hydrogens is 1100 g/mol. The topological polar surface area (TPSA) is 372 Å². The van der Waals surface area contributed by atoms with Crippen molar-refractivity contribution in [3.63, 3.8) is 0 Å². The SMILES string of the molecule is C=C1C[C@@]23CC[C@H]4[C@@](C)(CCC[C@@]4(C)C(=O)OC[C@H]4O[C@H](O[C@]5(CCl)O[C@H](CCl)[C@@H](O)[C@@H]5O)[C@H](O)[C@@H](O)[C@H]4Cl)[C@@H]2CC[C@]1(O[C@@H]1O[C@H](CO)[C@@H](O)[C@H](O[C@@H]2O[C@H](CO)[C@@H](C)[C@H](O)[C@H]2O)[C@H]1O[C@@H]1O[C@H](CO)[C@@H](O)[C@H](O)[C@H]1O)C3. The summed E-state index contributed by atoms with van der Waals surface area (Å²) in [5.41, 5.74) is -2.24. The van der Waals surface area contributed by atoms with E-state index in [1.807, 2.05) is 6.92 Å². The van der Waals surface area contributed by atoms with Crippen LogP contribution in [0.1, 0.15) is 78.6 Å². The van der Waals surface area contributed by atoms with E-state index in [1.54, 1.807) is 6.92 Å². The summed E-state index contributed by atoms with van der Waals surface area (Å²) < 4.78 is 61.2. The maximum Gasteiger partial charge on any atom is 0.312 e. The molecule has 27 heteroatoms. The molecule has 24 nitrogen and oxygen atoms in total. The first-order valence-corrected chi connectivity index (χ1v) is 28.5. The molecule has 0 aromatic rings. The summed E-state index contributed by atoms with van der Waals surface area (Å²) in [6, 6.07) is 0. The molecule has 448 valence electrons. The van der Waals surface area contributed by atoms with Crippen molar-refractivity contribution in [3.05, 3.63) is 12.2 Å². The highest BCUT2D eigenvalue weighted by molar-refractivity contribution is 6.21. The fraction of sp³-hybridized carbons (Fsp3) is 0.941. The van der Waals surface area contributed by atoms with Gasteiger partial charge in [-0.15, -0.1) is 34.8 Å². The predicted octanol–water partition coefficient (Wildman–Crippen LogP) is -2.27. The number of carbonyl (C=O) groups excluding carboxylic acids is 1. The molecule has 1 spiro atoms. The first-order chi connectivity index (χ1) is 36.8. The average molecular weight is 1180 g/mol. The number of hydrogen-bond donors (Lipinski definition) is 13. The third kappa shape index (κ3) is 10.4. The Morgan fingerprint density at radius 2 is 1.23 bits per heavy atom. The van der Waals surface area contributed by atoms with Gasteiger partial charge in [0.15, 0.2) is 25.2 Å². The molecule has 0 aromatic heterocycles. The van der Waals surface area contributed by atoms with Crippen molar-refractivity contribution in [2.24, 2.45) is 34.0 Å². The van der Waals surface area contributed by atoms with E-state index in [0.29, 0.717) is 51.4 Å². The summed E-state index contributed by atoms with van der Waals surface area (Å²) in [6.45, 7) is 7.63. The second-order valence-electron chi connectivity index (χ2n) is 23.9. The van der Waals surface area contributed by atoms with E-state index in [2.05, 4.69) is 13.5 Å². The maximum atomic E-state index is 14.6. The van der Waals surface area contributed by atoms with Crippen LogP contribution in [0.3, 0.4) is 0 Å². The molecule has 4 aliphatic carbocycles. The molecule has 4 saturated carbocycles. The molecule has 0 aromatic carbocycles. The van der Waals surface area contributed by atoms with Gasteiger partial charge in [0, 0.05) is 5.92 Å². The minimum Gasteiger partial charge on any atom is -0.462 e. The molecule has 9 fully saturated rings. The minimum atomic E-state index is -2.09. The largest absolute Gasteiger partial charge is 0.462 e. The third-order valence-corrected chi connectivity index (χ3v) is 20.8. The van der Waals surface area contributed by atoms with Gasteiger partial charge >= 0.3 is 5.97 Å². The quantitative estimate of drug-likeness (QED) is 0.0335. The van der Waals surface area contributed by atoms with Gasteiger partial charge in [-0.2, -0.15) is 0 Å². The van der Waals surface area contributed by atoms with Crippen molar-refractivity contribution in [2.75, 3.05) is 38.2 Å². The highest BCUT2D eigenvalue weighted by Gasteiger charge is 2.70. The molecule has 9 aliphatic rings. The number of fused-ring (bicyclic) bond motifs is 3. The van der Waals surface area contributed by atoms with Crippen molar-refractivity contribution in [1.82, 2.24) is 0 Å². The van der Waals surface area contributed by atoms with Crippen LogP contribution in [0.2, 0.25) is 0 Å². The lowest BCUT2D eigenvalue weighted by molar-refractivity contribution is -0.398. The number of aliphatic hydroxyl groups excluding tert-OH is 13. The van der Waals surface area contributed by atoms with Crippen LogP contribution in [0.5, 0.6) is 0 Å². The first kappa shape index (κ1) is 61.8. The number of alkyl halides is 3. The Bertz CT molecular complexity index is 2100. The Balaban J connectivity index is 0.931. The summed E-state index contributed by atoms with van der Waals surface area (Å²) in [4.78, 5) is 14.6. The molecule has 5 aliphatic heterocycles. The van der Waals surface area contributed by atoms with E-state index >= 15 is 0 Å². The van der Waals surface area contributed by atoms with Gasteiger partial charge in [-0.3, -0.25) is 4.79 Å². The Hall–Kier alpha value is -0.800. The second-order valence-corrected chi connectivity index (χ2v) is 25.0. The number of aliphatic hydroxyl groups is 13. The third-order valence-electron chi connectivity index (χ3n) is 19.6. The predicted molar refractivity (Wildman–Crippen MR) is 266 cm³/mol. The fourth-order valence-electron chi connectivity index (χ4n) is 15.2. The van der Waals surface area contributed by atoms with Gasteiger partial charge in [-0.25, -0.2) is 0 Å². The van der Waals surface area contributed by atoms with Crippen molar-refractivity contribution < 1.29 is 119 Å². The molecule has 30 atom stereocenters. The number of rotatable bonds is 16. The number of esters is 1. The van der Waals surface area contributed by atoms with Gasteiger partial charge in [0.05, 0.1) is 60.2 Å². The zero-order valence-electron chi connectivity index (χ0n) is 43.7. The summed E-state index contributed by atoms with van der Waals surface area (Å²) >= 11 is 18.7. The smallest absolute Gasteiger partial charge is 0.312 e. The van der Waals surface area contributed by atoms with Gasteiger partial charge in [-0.1, -0.05) is 26.8 Å². The van der Waals surface area contributed by atoms with Gasteiger partial charge in [0.25, 0.3) is 0 Å². The zero-order chi connectivity index (χ0) is 56.8. The Morgan fingerprint density at radius 3 is 1.87 bits per heavy atom. The van der Waals surface area contributed by atoms with E-state index < -0.39 is 206 Å². The molecule has 5 heterocycles. The molecule has 13 N–H and O–H groups in total. The molecule has 0 unspecified atom stereocenters. The zero-order valence-corrected chi connectivity index (χ0v) is 46.0. The lowest BCUT2D eigenvalue weighted by Crippen LogP contribution is -2.67. The summed E-state index contributed by atoms with van der Waals surface area (Å²) in [5.74, 6) is -4.24. The van der Waals surface area contributed by atoms with Crippen LogP contribution >= 0.6 is 34.8 Å². The van der Waals surface area contributed by atoms with Crippen LogP contribution in [-0.4, -0.2) is 256 Å². The summed E-state index contributed by atoms with van der Waals surface area (Å²) in [6.07, 6.45) is -28.3. The molecule has 0 radical (unpaired) electrons. The number of halogens is 3. The molecule has 5 saturated heterocycles. The molecule has 2 bridgehead atoms. The Morgan fingerprint density at radius 1 is 0.641 bits per heavy atom. The average Bonchev–Trinajstić information content (AvgIpc) is 4.02. The van der Waals surface area contributed by atoms with Crippen molar-refractivity contribution in [2.45, 2.75) is 224 Å². The molecule has 78 heavy (non-hydrogen) atoms. The molecule has 0 amide bonds. The lowest BCUT2D eigenvalue weighted by atomic mass is 9.41. The standard InChI is InChI=1S/C51H79Cl3O24/c1-20-12-49-10-6-27-47(3,8-5-9-48(27,4)46(68)69-17-26-29(54)34(62)37(65)44(73-26)78-51(19-53)41(67)33(61)22(13-52)76-51)28(49)7-11-50(20,18-49)77-45-40(75-43-38(66)35(63)31(59)24(15-56)71-43)39(32(60)25(16-57)72-45)74-42-36(64)30(58)21(2)23(14-55)70-42/h21-45,55-67H,1,5-19H2,2-4H3/t21-,22-,23-,24-,25-,26-,27+,28+,29+,30+,31-,32-,33-,34+,35+,36-,37-,38-,39+,40-,41+,42+,43+,44-,45+,47-,48-,49-,50+,51+/m1/s1. The number of hydrogen-bond acceptors (Lipinski definition) is 24. The van der Waals surface area contributed by atoms with E-state index in [4.69, 9.17) is 82.2 Å². The van der Waals surface area contributed by atoms with Crippen molar-refractivity contribution in [1.29, 1.82) is 0 Å². The van der Waals surface area contributed by atoms with Gasteiger partial charge in [0.1, 0.15) is 98.2 Å². The van der Waals surface area contributed by atoms with Crippen LogP contribution in [0, 0.1) is 34.0 Å². The second kappa shape index (κ2) is 23.6. The molecular formula is C51H79Cl3O24. The van der Waals surface area contributed by atoms with Gasteiger partial charge in [-0.05, 0) is 86.5 Å². The minimum absolute atomic E-state index is 0.0321. The van der Waals surface area contributed by atoms with Crippen LogP contribution in [0.15, 0.2) is 12.2 Å². The van der Waals surface area contributed by atoms with Crippen molar-refractivity contribution in [3.8, 4) is 0 Å². The highest BCUT2D eigenvalue weighted by atomic mass is 35.5. The van der Waals surface area contributed by atoms with Crippen LogP contribution < -0.4 is 0 Å². The van der Waals surface area contributed by atoms with Crippen LogP contribution in [0.25, 0.3) is 0 Å². The van der Waals surface area contributed by atoms with Gasteiger partial charge < -0.3 is 114 Å². The van der Waals surface area contributed by atoms with Crippen molar-refractivity contribution >= 4 is 40.8 Å². The summed E-state index contributed by atoms with van der Waals surface area (Å²) in [5, 5.41) is 139.